The minimum atomic E-state index is -0.743. The predicted molar refractivity (Wildman–Crippen MR) is 100 cm³/mol. The number of carbonyl (C=O) groups is 1. The highest BCUT2D eigenvalue weighted by molar-refractivity contribution is 9.08. The fourth-order valence-electron chi connectivity index (χ4n) is 2.50. The molecule has 0 fully saturated rings. The molecule has 2 aromatic carbocycles. The minimum absolute atomic E-state index is 0.287. The Kier molecular flexibility index (Phi) is 5.04. The number of benzene rings is 2. The highest BCUT2D eigenvalue weighted by Gasteiger charge is 2.11. The summed E-state index contributed by atoms with van der Waals surface area (Å²) in [5.41, 5.74) is 12.0. The van der Waals surface area contributed by atoms with E-state index in [2.05, 4.69) is 31.4 Å². The molecule has 0 atom stereocenters. The van der Waals surface area contributed by atoms with Gasteiger partial charge in [0.1, 0.15) is 5.75 Å². The number of hydrogen-bond donors (Lipinski definition) is 2. The smallest absolute Gasteiger partial charge is 0.269 e. The van der Waals surface area contributed by atoms with E-state index in [-0.39, 0.29) is 5.56 Å². The Morgan fingerprint density at radius 2 is 2.16 bits per heavy atom. The molecule has 25 heavy (non-hydrogen) atoms. The number of carbonyl (C=O) groups excluding carboxylic acids is 1. The number of anilines is 2. The summed E-state index contributed by atoms with van der Waals surface area (Å²) in [5, 5.41) is 11.2. The van der Waals surface area contributed by atoms with E-state index in [1.165, 1.54) is 7.11 Å². The molecule has 0 saturated carbocycles. The number of alkyl halides is 1. The van der Waals surface area contributed by atoms with Crippen molar-refractivity contribution in [3.63, 3.8) is 0 Å². The molecule has 0 bridgehead atoms. The molecule has 3 rings (SSSR count). The molecule has 1 radical (unpaired) electrons. The van der Waals surface area contributed by atoms with E-state index < -0.39 is 5.91 Å². The molecule has 127 valence electrons. The van der Waals surface area contributed by atoms with E-state index in [1.807, 2.05) is 30.5 Å². The molecule has 0 spiro atoms. The second-order valence-corrected chi connectivity index (χ2v) is 5.90. The first-order valence-electron chi connectivity index (χ1n) is 7.52. The summed E-state index contributed by atoms with van der Waals surface area (Å²) in [6.45, 7) is 0. The van der Waals surface area contributed by atoms with Crippen LogP contribution in [0.5, 0.6) is 5.75 Å². The highest BCUT2D eigenvalue weighted by atomic mass is 79.9. The van der Waals surface area contributed by atoms with Gasteiger partial charge in [0.2, 0.25) is 0 Å². The van der Waals surface area contributed by atoms with Crippen LogP contribution in [0.1, 0.15) is 15.9 Å². The monoisotopic (exact) mass is 399 g/mol. The molecule has 7 heteroatoms. The van der Waals surface area contributed by atoms with Gasteiger partial charge in [-0.2, -0.15) is 5.10 Å². The number of aromatic nitrogens is 2. The molecular weight excluding hydrogens is 384 g/mol. The van der Waals surface area contributed by atoms with Crippen LogP contribution in [-0.4, -0.2) is 23.2 Å². The van der Waals surface area contributed by atoms with Gasteiger partial charge in [-0.3, -0.25) is 15.6 Å². The lowest BCUT2D eigenvalue weighted by atomic mass is 10.1. The number of nitrogens with one attached hydrogen (secondary N) is 3. The summed E-state index contributed by atoms with van der Waals surface area (Å²) < 4.78 is 5.33. The van der Waals surface area contributed by atoms with Crippen molar-refractivity contribution in [3.05, 3.63) is 59.8 Å². The van der Waals surface area contributed by atoms with Crippen molar-refractivity contribution in [2.24, 2.45) is 0 Å². The average Bonchev–Trinajstić information content (AvgIpc) is 3.11. The van der Waals surface area contributed by atoms with Gasteiger partial charge >= 0.3 is 0 Å². The molecule has 0 aliphatic carbocycles. The molecule has 3 aromatic rings. The molecule has 1 aromatic heterocycles. The van der Waals surface area contributed by atoms with Crippen LogP contribution in [0, 0.1) is 0 Å². The summed E-state index contributed by atoms with van der Waals surface area (Å²) >= 11 is 3.46. The number of halogens is 1. The Balaban J connectivity index is 1.91. The number of amides is 1. The predicted octanol–water partition coefficient (Wildman–Crippen LogP) is 4.15. The van der Waals surface area contributed by atoms with E-state index in [4.69, 9.17) is 10.5 Å². The topological polar surface area (TPSA) is 90.8 Å². The van der Waals surface area contributed by atoms with E-state index in [1.54, 1.807) is 18.2 Å². The lowest BCUT2D eigenvalue weighted by molar-refractivity contribution is 0.0992. The van der Waals surface area contributed by atoms with Crippen molar-refractivity contribution in [2.75, 3.05) is 12.4 Å². The Bertz CT molecular complexity index is 908. The summed E-state index contributed by atoms with van der Waals surface area (Å²) in [6.07, 6.45) is 1.86. The molecule has 0 aliphatic rings. The Morgan fingerprint density at radius 1 is 1.32 bits per heavy atom. The van der Waals surface area contributed by atoms with Crippen LogP contribution in [0.2, 0.25) is 0 Å². The van der Waals surface area contributed by atoms with Gasteiger partial charge in [-0.15, -0.1) is 0 Å². The van der Waals surface area contributed by atoms with Crippen molar-refractivity contribution in [2.45, 2.75) is 5.33 Å². The molecule has 1 amide bonds. The maximum absolute atomic E-state index is 11.2. The first-order chi connectivity index (χ1) is 12.1. The average molecular weight is 400 g/mol. The van der Waals surface area contributed by atoms with Gasteiger partial charge in [-0.1, -0.05) is 28.1 Å². The molecule has 0 aliphatic heterocycles. The van der Waals surface area contributed by atoms with Gasteiger partial charge < -0.3 is 10.1 Å². The summed E-state index contributed by atoms with van der Waals surface area (Å²) in [5.74, 6) is -0.239. The first-order valence-corrected chi connectivity index (χ1v) is 8.64. The van der Waals surface area contributed by atoms with Gasteiger partial charge in [0.15, 0.2) is 0 Å². The molecule has 0 unspecified atom stereocenters. The van der Waals surface area contributed by atoms with E-state index >= 15 is 0 Å². The standard InChI is InChI=1S/C18H16BrN4O2/c1-25-16-8-12(18(20)24)5-6-15(16)22-14-4-2-3-11(7-14)17-13(9-19)10-21-23-17/h2-8,10,20,22H,9H2,1H3,(H,21,23). The second-order valence-electron chi connectivity index (χ2n) is 5.34. The summed E-state index contributed by atoms with van der Waals surface area (Å²) in [4.78, 5) is 11.2. The van der Waals surface area contributed by atoms with Crippen LogP contribution >= 0.6 is 15.9 Å². The van der Waals surface area contributed by atoms with Gasteiger partial charge in [-0.05, 0) is 30.3 Å². The maximum atomic E-state index is 11.2. The van der Waals surface area contributed by atoms with Crippen LogP contribution in [-0.2, 0) is 5.33 Å². The number of rotatable bonds is 6. The van der Waals surface area contributed by atoms with Crippen molar-refractivity contribution >= 4 is 33.2 Å². The summed E-state index contributed by atoms with van der Waals surface area (Å²) in [6, 6.07) is 12.7. The molecule has 3 N–H and O–H groups in total. The van der Waals surface area contributed by atoms with E-state index in [9.17, 15) is 4.79 Å². The van der Waals surface area contributed by atoms with Crippen molar-refractivity contribution < 1.29 is 9.53 Å². The Labute approximate surface area is 153 Å². The molecule has 6 nitrogen and oxygen atoms in total. The number of H-pyrrole nitrogens is 1. The minimum Gasteiger partial charge on any atom is -0.495 e. The third kappa shape index (κ3) is 3.66. The molecule has 0 saturated heterocycles. The zero-order valence-electron chi connectivity index (χ0n) is 13.5. The molecular formula is C18H16BrN4O2. The highest BCUT2D eigenvalue weighted by Crippen LogP contribution is 2.31. The van der Waals surface area contributed by atoms with Crippen LogP contribution in [0.25, 0.3) is 11.3 Å². The van der Waals surface area contributed by atoms with Crippen LogP contribution in [0.4, 0.5) is 11.4 Å². The fraction of sp³-hybridized carbons (Fsp3) is 0.111. The lowest BCUT2D eigenvalue weighted by Gasteiger charge is -2.13. The zero-order valence-corrected chi connectivity index (χ0v) is 15.1. The number of aromatic amines is 1. The maximum Gasteiger partial charge on any atom is 0.269 e. The van der Waals surface area contributed by atoms with E-state index in [0.717, 1.165) is 22.5 Å². The lowest BCUT2D eigenvalue weighted by Crippen LogP contribution is -2.01. The van der Waals surface area contributed by atoms with Gasteiger partial charge in [0.25, 0.3) is 5.91 Å². The van der Waals surface area contributed by atoms with Gasteiger partial charge in [0.05, 0.1) is 18.5 Å². The SMILES string of the molecule is COc1cc(C([NH])=O)ccc1Nc1cccc(-c2n[nH]cc2CBr)c1. The quantitative estimate of drug-likeness (QED) is 0.609. The molecule has 1 heterocycles. The largest absolute Gasteiger partial charge is 0.495 e. The van der Waals surface area contributed by atoms with Crippen LogP contribution in [0.3, 0.4) is 0 Å². The first kappa shape index (κ1) is 17.0. The number of methoxy groups -OCH3 is 1. The third-order valence-electron chi connectivity index (χ3n) is 3.74. The summed E-state index contributed by atoms with van der Waals surface area (Å²) in [7, 11) is 1.53. The Morgan fingerprint density at radius 3 is 2.88 bits per heavy atom. The van der Waals surface area contributed by atoms with E-state index in [0.29, 0.717) is 16.8 Å². The third-order valence-corrected chi connectivity index (χ3v) is 4.35. The van der Waals surface area contributed by atoms with Gasteiger partial charge in [-0.25, -0.2) is 0 Å². The van der Waals surface area contributed by atoms with Crippen LogP contribution < -0.4 is 15.8 Å². The van der Waals surface area contributed by atoms with Crippen molar-refractivity contribution in [1.29, 1.82) is 0 Å². The fourth-order valence-corrected chi connectivity index (χ4v) is 2.93. The van der Waals surface area contributed by atoms with Gasteiger partial charge in [0, 0.05) is 33.9 Å². The Hall–Kier alpha value is -2.80. The number of hydrogen-bond acceptors (Lipinski definition) is 4. The zero-order chi connectivity index (χ0) is 17.8. The normalized spacial score (nSPS) is 10.5. The van der Waals surface area contributed by atoms with Crippen LogP contribution in [0.15, 0.2) is 48.7 Å². The van der Waals surface area contributed by atoms with Crippen molar-refractivity contribution in [1.82, 2.24) is 15.9 Å². The van der Waals surface area contributed by atoms with Crippen molar-refractivity contribution in [3.8, 4) is 17.0 Å². The second kappa shape index (κ2) is 7.40. The number of nitrogens with zero attached hydrogens (tertiary/aromatic N) is 1. The number of ether oxygens (including phenoxy) is 1.